The molecular weight excluding hydrogens is 583 g/mol. The van der Waals surface area contributed by atoms with Crippen molar-refractivity contribution >= 4 is 33.8 Å². The zero-order chi connectivity index (χ0) is 31.8. The molecule has 14 heteroatoms. The summed E-state index contributed by atoms with van der Waals surface area (Å²) < 4.78 is 23.5. The van der Waals surface area contributed by atoms with E-state index in [4.69, 9.17) is 9.72 Å². The van der Waals surface area contributed by atoms with Crippen molar-refractivity contribution in [2.24, 2.45) is 0 Å². The SMILES string of the molecule is CC(C)c1nccc(OCCCO)c1-n1c(=O)nc(N2CCN(C(=O)O)CC2C)c2cc(F)c(-c3cccc4cn[nH]c34)nc21. The summed E-state index contributed by atoms with van der Waals surface area (Å²) in [5.74, 6) is -0.235. The van der Waals surface area contributed by atoms with Crippen LogP contribution in [0.2, 0.25) is 0 Å². The molecule has 13 nitrogen and oxygen atoms in total. The summed E-state index contributed by atoms with van der Waals surface area (Å²) in [6, 6.07) is 7.94. The largest absolute Gasteiger partial charge is 0.491 e. The zero-order valence-corrected chi connectivity index (χ0v) is 25.1. The highest BCUT2D eigenvalue weighted by Gasteiger charge is 2.31. The Hall–Kier alpha value is -5.11. The van der Waals surface area contributed by atoms with Gasteiger partial charge in [-0.3, -0.25) is 10.1 Å². The van der Waals surface area contributed by atoms with E-state index >= 15 is 4.39 Å². The molecule has 5 heterocycles. The number of pyridine rings is 2. The predicted octanol–water partition coefficient (Wildman–Crippen LogP) is 3.93. The van der Waals surface area contributed by atoms with E-state index in [2.05, 4.69) is 20.2 Å². The summed E-state index contributed by atoms with van der Waals surface area (Å²) >= 11 is 0. The van der Waals surface area contributed by atoms with Gasteiger partial charge in [-0.2, -0.15) is 10.1 Å². The molecular formula is C31H33FN8O5. The van der Waals surface area contributed by atoms with E-state index in [1.54, 1.807) is 30.6 Å². The van der Waals surface area contributed by atoms with Crippen LogP contribution < -0.4 is 15.3 Å². The second-order valence-corrected chi connectivity index (χ2v) is 11.3. The van der Waals surface area contributed by atoms with Crippen molar-refractivity contribution in [2.45, 2.75) is 39.2 Å². The number of amides is 1. The minimum atomic E-state index is -1.04. The quantitative estimate of drug-likeness (QED) is 0.218. The lowest BCUT2D eigenvalue weighted by Gasteiger charge is -2.39. The topological polar surface area (TPSA) is 163 Å². The lowest BCUT2D eigenvalue weighted by atomic mass is 10.1. The maximum atomic E-state index is 16.2. The highest BCUT2D eigenvalue weighted by Crippen LogP contribution is 2.36. The number of fused-ring (bicyclic) bond motifs is 2. The third-order valence-electron chi connectivity index (χ3n) is 7.95. The van der Waals surface area contributed by atoms with Crippen LogP contribution in [0.25, 0.3) is 38.9 Å². The molecule has 234 valence electrons. The molecule has 3 N–H and O–H groups in total. The normalized spacial score (nSPS) is 15.4. The smallest absolute Gasteiger partial charge is 0.407 e. The van der Waals surface area contributed by atoms with Crippen LogP contribution in [0, 0.1) is 5.82 Å². The number of hydrogen-bond donors (Lipinski definition) is 3. The average Bonchev–Trinajstić information content (AvgIpc) is 3.50. The number of H-pyrrole nitrogens is 1. The third-order valence-corrected chi connectivity index (χ3v) is 7.95. The van der Waals surface area contributed by atoms with Gasteiger partial charge in [0.2, 0.25) is 0 Å². The van der Waals surface area contributed by atoms with Crippen molar-refractivity contribution < 1.29 is 24.1 Å². The van der Waals surface area contributed by atoms with Crippen LogP contribution in [-0.2, 0) is 0 Å². The summed E-state index contributed by atoms with van der Waals surface area (Å²) in [6.07, 6.45) is 2.55. The number of nitrogens with one attached hydrogen (secondary N) is 1. The fourth-order valence-electron chi connectivity index (χ4n) is 5.79. The van der Waals surface area contributed by atoms with Gasteiger partial charge in [0.15, 0.2) is 5.65 Å². The molecule has 1 aliphatic rings. The van der Waals surface area contributed by atoms with Crippen LogP contribution in [0.4, 0.5) is 15.0 Å². The number of halogens is 1. The number of rotatable bonds is 8. The van der Waals surface area contributed by atoms with Gasteiger partial charge in [0, 0.05) is 61.9 Å². The number of aliphatic hydroxyl groups is 1. The van der Waals surface area contributed by atoms with Gasteiger partial charge >= 0.3 is 11.8 Å². The fraction of sp³-hybridized carbons (Fsp3) is 0.355. The van der Waals surface area contributed by atoms with E-state index in [9.17, 15) is 19.8 Å². The van der Waals surface area contributed by atoms with Crippen LogP contribution in [0.15, 0.2) is 47.5 Å². The number of benzene rings is 1. The Morgan fingerprint density at radius 3 is 2.78 bits per heavy atom. The highest BCUT2D eigenvalue weighted by atomic mass is 19.1. The molecule has 4 aromatic heterocycles. The minimum absolute atomic E-state index is 0.00383. The van der Waals surface area contributed by atoms with Crippen molar-refractivity contribution in [3.8, 4) is 22.7 Å². The molecule has 1 aromatic carbocycles. The van der Waals surface area contributed by atoms with Crippen LogP contribution in [0.5, 0.6) is 5.75 Å². The van der Waals surface area contributed by atoms with Gasteiger partial charge in [-0.25, -0.2) is 23.5 Å². The molecule has 1 saturated heterocycles. The Morgan fingerprint density at radius 1 is 1.22 bits per heavy atom. The van der Waals surface area contributed by atoms with E-state index in [0.717, 1.165) is 5.39 Å². The number of carbonyl (C=O) groups is 1. The van der Waals surface area contributed by atoms with Crippen LogP contribution in [-0.4, -0.2) is 89.8 Å². The van der Waals surface area contributed by atoms with Crippen LogP contribution >= 0.6 is 0 Å². The molecule has 1 fully saturated rings. The minimum Gasteiger partial charge on any atom is -0.491 e. The molecule has 1 unspecified atom stereocenters. The summed E-state index contributed by atoms with van der Waals surface area (Å²) in [4.78, 5) is 42.8. The van der Waals surface area contributed by atoms with Crippen molar-refractivity contribution in [1.29, 1.82) is 0 Å². The maximum absolute atomic E-state index is 16.2. The van der Waals surface area contributed by atoms with Gasteiger partial charge in [-0.1, -0.05) is 32.0 Å². The number of aromatic amines is 1. The molecule has 1 aliphatic heterocycles. The first kappa shape index (κ1) is 29.9. The van der Waals surface area contributed by atoms with Gasteiger partial charge in [0.05, 0.1) is 29.4 Å². The van der Waals surface area contributed by atoms with E-state index < -0.39 is 17.6 Å². The standard InChI is InChI=1S/C31H33FN8O5/c1-17(2)24-27(23(8-9-33-24)45-13-5-12-41)40-29-21(28(36-30(40)42)39-11-10-38(31(43)44)16-18(39)3)14-22(32)26(35-29)20-7-4-6-19-15-34-37-25(19)20/h4,6-9,14-15,17-18,41H,5,10-13,16H2,1-3H3,(H,34,37)(H,43,44). The Bertz CT molecular complexity index is 1960. The van der Waals surface area contributed by atoms with Gasteiger partial charge < -0.3 is 24.7 Å². The second kappa shape index (κ2) is 12.1. The number of piperazine rings is 1. The maximum Gasteiger partial charge on any atom is 0.407 e. The molecule has 0 radical (unpaired) electrons. The number of aromatic nitrogens is 6. The second-order valence-electron chi connectivity index (χ2n) is 11.3. The number of ether oxygens (including phenoxy) is 1. The van der Waals surface area contributed by atoms with E-state index in [1.165, 1.54) is 15.5 Å². The van der Waals surface area contributed by atoms with Crippen molar-refractivity contribution in [3.63, 3.8) is 0 Å². The highest BCUT2D eigenvalue weighted by molar-refractivity contribution is 5.96. The van der Waals surface area contributed by atoms with Crippen LogP contribution in [0.3, 0.4) is 0 Å². The molecule has 0 bridgehead atoms. The Morgan fingerprint density at radius 2 is 2.04 bits per heavy atom. The molecule has 0 spiro atoms. The molecule has 45 heavy (non-hydrogen) atoms. The lowest BCUT2D eigenvalue weighted by Crippen LogP contribution is -2.54. The van der Waals surface area contributed by atoms with Crippen molar-refractivity contribution in [2.75, 3.05) is 37.7 Å². The lowest BCUT2D eigenvalue weighted by molar-refractivity contribution is 0.136. The van der Waals surface area contributed by atoms with Crippen molar-refractivity contribution in [3.05, 3.63) is 64.7 Å². The number of carboxylic acid groups (broad SMARTS) is 1. The summed E-state index contributed by atoms with van der Waals surface area (Å²) in [7, 11) is 0. The fourth-order valence-corrected chi connectivity index (χ4v) is 5.79. The average molecular weight is 617 g/mol. The summed E-state index contributed by atoms with van der Waals surface area (Å²) in [5, 5.41) is 26.9. The predicted molar refractivity (Wildman–Crippen MR) is 166 cm³/mol. The number of hydrogen-bond acceptors (Lipinski definition) is 9. The van der Waals surface area contributed by atoms with Gasteiger partial charge in [-0.15, -0.1) is 0 Å². The van der Waals surface area contributed by atoms with E-state index in [-0.39, 0.29) is 67.4 Å². The number of aliphatic hydroxyl groups excluding tert-OH is 1. The van der Waals surface area contributed by atoms with Crippen molar-refractivity contribution in [1.82, 2.24) is 34.6 Å². The zero-order valence-electron chi connectivity index (χ0n) is 25.1. The van der Waals surface area contributed by atoms with E-state index in [1.807, 2.05) is 31.7 Å². The van der Waals surface area contributed by atoms with Crippen LogP contribution in [0.1, 0.15) is 38.8 Å². The van der Waals surface area contributed by atoms with Gasteiger partial charge in [0.25, 0.3) is 0 Å². The van der Waals surface area contributed by atoms with Gasteiger partial charge in [-0.05, 0) is 18.9 Å². The first-order valence-corrected chi connectivity index (χ1v) is 14.7. The Balaban J connectivity index is 1.66. The third kappa shape index (κ3) is 5.41. The molecule has 1 amide bonds. The Kier molecular flexibility index (Phi) is 8.06. The number of nitrogens with zero attached hydrogens (tertiary/aromatic N) is 7. The Labute approximate surface area is 256 Å². The molecule has 0 aliphatic carbocycles. The summed E-state index contributed by atoms with van der Waals surface area (Å²) in [6.45, 7) is 6.41. The van der Waals surface area contributed by atoms with E-state index in [0.29, 0.717) is 34.6 Å². The molecule has 5 aromatic rings. The first-order chi connectivity index (χ1) is 21.7. The monoisotopic (exact) mass is 616 g/mol. The number of para-hydroxylation sites is 1. The first-order valence-electron chi connectivity index (χ1n) is 14.7. The molecule has 6 rings (SSSR count). The number of anilines is 1. The molecule has 1 atom stereocenters. The molecule has 0 saturated carbocycles. The summed E-state index contributed by atoms with van der Waals surface area (Å²) in [5.41, 5.74) is 1.37. The van der Waals surface area contributed by atoms with Gasteiger partial charge in [0.1, 0.15) is 28.8 Å².